The summed E-state index contributed by atoms with van der Waals surface area (Å²) in [4.78, 5) is 22.0. The highest BCUT2D eigenvalue weighted by Gasteiger charge is 2.24. The molecule has 0 bridgehead atoms. The second kappa shape index (κ2) is 9.10. The first-order chi connectivity index (χ1) is 17.3. The molecule has 7 nitrogen and oxygen atoms in total. The summed E-state index contributed by atoms with van der Waals surface area (Å²) in [6.45, 7) is 2.93. The zero-order valence-electron chi connectivity index (χ0n) is 19.2. The monoisotopic (exact) mass is 463 g/mol. The fourth-order valence-corrected chi connectivity index (χ4v) is 4.66. The quantitative estimate of drug-likeness (QED) is 0.378. The maximum atomic E-state index is 13.3. The molecule has 174 valence electrons. The van der Waals surface area contributed by atoms with Crippen LogP contribution in [0.2, 0.25) is 0 Å². The number of hydrogen-bond acceptors (Lipinski definition) is 5. The highest BCUT2D eigenvalue weighted by molar-refractivity contribution is 5.88. The number of amides is 1. The Hall–Kier alpha value is -4.39. The molecule has 1 saturated heterocycles. The van der Waals surface area contributed by atoms with Crippen LogP contribution < -0.4 is 4.90 Å². The van der Waals surface area contributed by atoms with E-state index in [1.165, 1.54) is 0 Å². The van der Waals surface area contributed by atoms with Crippen molar-refractivity contribution in [3.63, 3.8) is 0 Å². The maximum Gasteiger partial charge on any atom is 0.244 e. The standard InChI is InChI=1S/C28H25N5O2/c34-27(31-14-16-32(17-15-31)28-23-12-18-35-26(23)11-13-29-28)20-33-25(22-9-5-2-6-10-22)19-24(30-33)21-7-3-1-4-8-21/h1-13,18-19H,14-17,20H2. The third-order valence-electron chi connectivity index (χ3n) is 6.49. The summed E-state index contributed by atoms with van der Waals surface area (Å²) in [6, 6.07) is 26.1. The molecule has 3 aromatic heterocycles. The van der Waals surface area contributed by atoms with Gasteiger partial charge in [-0.05, 0) is 23.8 Å². The number of furan rings is 1. The van der Waals surface area contributed by atoms with Gasteiger partial charge in [-0.2, -0.15) is 5.10 Å². The second-order valence-electron chi connectivity index (χ2n) is 8.64. The van der Waals surface area contributed by atoms with Gasteiger partial charge < -0.3 is 14.2 Å². The van der Waals surface area contributed by atoms with Crippen molar-refractivity contribution in [2.24, 2.45) is 0 Å². The molecule has 5 aromatic rings. The van der Waals surface area contributed by atoms with Gasteiger partial charge in [-0.25, -0.2) is 4.98 Å². The first kappa shape index (κ1) is 21.2. The van der Waals surface area contributed by atoms with Crippen LogP contribution in [0.5, 0.6) is 0 Å². The summed E-state index contributed by atoms with van der Waals surface area (Å²) in [5, 5.41) is 5.83. The van der Waals surface area contributed by atoms with E-state index in [1.807, 2.05) is 70.2 Å². The Morgan fingerprint density at radius 2 is 1.57 bits per heavy atom. The van der Waals surface area contributed by atoms with Crippen LogP contribution in [0.3, 0.4) is 0 Å². The molecule has 0 N–H and O–H groups in total. The zero-order valence-corrected chi connectivity index (χ0v) is 19.2. The molecular formula is C28H25N5O2. The SMILES string of the molecule is O=C(Cn1nc(-c2ccccc2)cc1-c1ccccc1)N1CCN(c2nccc3occc23)CC1. The molecule has 4 heterocycles. The Kier molecular flexibility index (Phi) is 5.50. The van der Waals surface area contributed by atoms with Crippen molar-refractivity contribution in [3.8, 4) is 22.5 Å². The van der Waals surface area contributed by atoms with Crippen molar-refractivity contribution in [2.45, 2.75) is 6.54 Å². The average molecular weight is 464 g/mol. The highest BCUT2D eigenvalue weighted by atomic mass is 16.3. The number of aromatic nitrogens is 3. The van der Waals surface area contributed by atoms with Crippen LogP contribution in [0.15, 0.2) is 95.7 Å². The van der Waals surface area contributed by atoms with E-state index in [-0.39, 0.29) is 12.5 Å². The van der Waals surface area contributed by atoms with E-state index in [9.17, 15) is 4.79 Å². The molecule has 0 aliphatic carbocycles. The fraction of sp³-hybridized carbons (Fsp3) is 0.179. The lowest BCUT2D eigenvalue weighted by atomic mass is 10.1. The van der Waals surface area contributed by atoms with Crippen LogP contribution >= 0.6 is 0 Å². The normalized spacial score (nSPS) is 13.9. The fourth-order valence-electron chi connectivity index (χ4n) is 4.66. The van der Waals surface area contributed by atoms with Crippen LogP contribution in [0.25, 0.3) is 33.5 Å². The lowest BCUT2D eigenvalue weighted by molar-refractivity contribution is -0.132. The topological polar surface area (TPSA) is 67.4 Å². The molecule has 0 atom stereocenters. The van der Waals surface area contributed by atoms with Gasteiger partial charge in [-0.15, -0.1) is 0 Å². The third-order valence-corrected chi connectivity index (χ3v) is 6.49. The number of hydrogen-bond donors (Lipinski definition) is 0. The summed E-state index contributed by atoms with van der Waals surface area (Å²) in [5.74, 6) is 0.980. The number of benzene rings is 2. The van der Waals surface area contributed by atoms with Crippen LogP contribution in [0.1, 0.15) is 0 Å². The molecule has 35 heavy (non-hydrogen) atoms. The lowest BCUT2D eigenvalue weighted by Crippen LogP contribution is -2.50. The lowest BCUT2D eigenvalue weighted by Gasteiger charge is -2.35. The first-order valence-electron chi connectivity index (χ1n) is 11.8. The van der Waals surface area contributed by atoms with Crippen LogP contribution in [-0.2, 0) is 11.3 Å². The molecule has 1 amide bonds. The minimum absolute atomic E-state index is 0.0685. The smallest absolute Gasteiger partial charge is 0.244 e. The van der Waals surface area contributed by atoms with Crippen molar-refractivity contribution < 1.29 is 9.21 Å². The molecule has 0 spiro atoms. The summed E-state index contributed by atoms with van der Waals surface area (Å²) in [6.07, 6.45) is 3.46. The molecule has 1 fully saturated rings. The third kappa shape index (κ3) is 4.17. The average Bonchev–Trinajstić information content (AvgIpc) is 3.57. The van der Waals surface area contributed by atoms with Crippen LogP contribution in [0.4, 0.5) is 5.82 Å². The van der Waals surface area contributed by atoms with Gasteiger partial charge in [-0.3, -0.25) is 9.48 Å². The Labute approximate surface area is 203 Å². The molecule has 0 saturated carbocycles. The number of carbonyl (C=O) groups excluding carboxylic acids is 1. The number of pyridine rings is 1. The molecule has 0 radical (unpaired) electrons. The van der Waals surface area contributed by atoms with E-state index in [1.54, 1.807) is 12.5 Å². The molecule has 7 heteroatoms. The van der Waals surface area contributed by atoms with Gasteiger partial charge in [0.1, 0.15) is 17.9 Å². The predicted octanol–water partition coefficient (Wildman–Crippen LogP) is 4.71. The largest absolute Gasteiger partial charge is 0.464 e. The second-order valence-corrected chi connectivity index (χ2v) is 8.64. The van der Waals surface area contributed by atoms with Gasteiger partial charge in [0.2, 0.25) is 5.91 Å². The van der Waals surface area contributed by atoms with Gasteiger partial charge in [0.15, 0.2) is 0 Å². The molecule has 1 aliphatic heterocycles. The first-order valence-corrected chi connectivity index (χ1v) is 11.8. The van der Waals surface area contributed by atoms with Crippen molar-refractivity contribution in [2.75, 3.05) is 31.1 Å². The number of nitrogens with zero attached hydrogens (tertiary/aromatic N) is 5. The van der Waals surface area contributed by atoms with Crippen molar-refractivity contribution in [1.82, 2.24) is 19.7 Å². The van der Waals surface area contributed by atoms with Crippen molar-refractivity contribution in [1.29, 1.82) is 0 Å². The molecule has 2 aromatic carbocycles. The number of anilines is 1. The predicted molar refractivity (Wildman–Crippen MR) is 136 cm³/mol. The van der Waals surface area contributed by atoms with E-state index < -0.39 is 0 Å². The van der Waals surface area contributed by atoms with Crippen molar-refractivity contribution in [3.05, 3.63) is 91.3 Å². The Morgan fingerprint density at radius 3 is 2.31 bits per heavy atom. The Balaban J connectivity index is 1.20. The molecule has 1 aliphatic rings. The molecule has 0 unspecified atom stereocenters. The van der Waals surface area contributed by atoms with Crippen LogP contribution in [-0.4, -0.2) is 51.8 Å². The van der Waals surface area contributed by atoms with E-state index in [0.717, 1.165) is 52.4 Å². The van der Waals surface area contributed by atoms with Gasteiger partial charge >= 0.3 is 0 Å². The minimum Gasteiger partial charge on any atom is -0.464 e. The van der Waals surface area contributed by atoms with Gasteiger partial charge in [0.05, 0.1) is 23.0 Å². The Bertz CT molecular complexity index is 1450. The van der Waals surface area contributed by atoms with E-state index in [0.29, 0.717) is 13.1 Å². The highest BCUT2D eigenvalue weighted by Crippen LogP contribution is 2.28. The number of fused-ring (bicyclic) bond motifs is 1. The van der Waals surface area contributed by atoms with Crippen LogP contribution in [0, 0.1) is 0 Å². The number of piperazine rings is 1. The van der Waals surface area contributed by atoms with Gasteiger partial charge in [0.25, 0.3) is 0 Å². The molecular weight excluding hydrogens is 438 g/mol. The molecule has 6 rings (SSSR count). The summed E-state index contributed by atoms with van der Waals surface area (Å²) >= 11 is 0. The summed E-state index contributed by atoms with van der Waals surface area (Å²) in [5.41, 5.74) is 4.70. The maximum absolute atomic E-state index is 13.3. The Morgan fingerprint density at radius 1 is 0.857 bits per heavy atom. The minimum atomic E-state index is 0.0685. The number of rotatable bonds is 5. The van der Waals surface area contributed by atoms with E-state index in [4.69, 9.17) is 9.52 Å². The zero-order chi connectivity index (χ0) is 23.6. The number of carbonyl (C=O) groups is 1. The van der Waals surface area contributed by atoms with Crippen molar-refractivity contribution >= 4 is 22.7 Å². The van der Waals surface area contributed by atoms with Gasteiger partial charge in [0, 0.05) is 37.9 Å². The van der Waals surface area contributed by atoms with E-state index in [2.05, 4.69) is 28.1 Å². The van der Waals surface area contributed by atoms with E-state index >= 15 is 0 Å². The van der Waals surface area contributed by atoms with Gasteiger partial charge in [-0.1, -0.05) is 60.7 Å². The summed E-state index contributed by atoms with van der Waals surface area (Å²) < 4.78 is 7.35. The summed E-state index contributed by atoms with van der Waals surface area (Å²) in [7, 11) is 0.